The van der Waals surface area contributed by atoms with E-state index in [0.717, 1.165) is 15.4 Å². The molecule has 4 amide bonds. The Morgan fingerprint density at radius 1 is 1.05 bits per heavy atom. The van der Waals surface area contributed by atoms with Crippen molar-refractivity contribution in [3.05, 3.63) is 47.5 Å². The van der Waals surface area contributed by atoms with Gasteiger partial charge in [-0.1, -0.05) is 29.8 Å². The van der Waals surface area contributed by atoms with Crippen molar-refractivity contribution in [2.75, 3.05) is 6.54 Å². The van der Waals surface area contributed by atoms with E-state index >= 15 is 0 Å². The third-order valence-corrected chi connectivity index (χ3v) is 2.95. The van der Waals surface area contributed by atoms with Crippen LogP contribution in [0.5, 0.6) is 0 Å². The predicted molar refractivity (Wildman–Crippen MR) is 69.3 cm³/mol. The molecule has 0 aromatic heterocycles. The number of benzene rings is 1. The fraction of sp³-hybridized carbons (Fsp3) is 0.154. The molecule has 1 aliphatic heterocycles. The third kappa shape index (κ3) is 2.51. The summed E-state index contributed by atoms with van der Waals surface area (Å²) in [4.78, 5) is 37.0. The van der Waals surface area contributed by atoms with E-state index in [9.17, 15) is 14.4 Å². The number of nitrogens with zero attached hydrogens (tertiary/aromatic N) is 2. The van der Waals surface area contributed by atoms with E-state index < -0.39 is 17.8 Å². The van der Waals surface area contributed by atoms with E-state index in [4.69, 9.17) is 11.6 Å². The van der Waals surface area contributed by atoms with Crippen LogP contribution >= 0.6 is 11.6 Å². The number of carbonyl (C=O) groups is 3. The first kappa shape index (κ1) is 13.3. The summed E-state index contributed by atoms with van der Waals surface area (Å²) in [5.41, 5.74) is 0.722. The van der Waals surface area contributed by atoms with E-state index in [1.807, 2.05) is 0 Å². The highest BCUT2D eigenvalue weighted by molar-refractivity contribution is 6.44. The standard InChI is InChI=1S/C13H11ClN2O3/c1-2-7-15-11(17)12(18)16(13(15)19)8-9-3-5-10(14)6-4-9/h2-6H,1,7-8H2. The Bertz CT molecular complexity index is 554. The van der Waals surface area contributed by atoms with Crippen LogP contribution in [0.4, 0.5) is 4.79 Å². The number of carbonyl (C=O) groups excluding carboxylic acids is 3. The molecule has 1 aliphatic rings. The molecule has 0 N–H and O–H groups in total. The number of urea groups is 1. The number of imide groups is 2. The van der Waals surface area contributed by atoms with Crippen LogP contribution < -0.4 is 0 Å². The summed E-state index contributed by atoms with van der Waals surface area (Å²) in [5.74, 6) is -1.64. The van der Waals surface area contributed by atoms with E-state index in [2.05, 4.69) is 6.58 Å². The Morgan fingerprint density at radius 3 is 2.21 bits per heavy atom. The summed E-state index contributed by atoms with van der Waals surface area (Å²) >= 11 is 5.75. The quantitative estimate of drug-likeness (QED) is 0.479. The highest BCUT2D eigenvalue weighted by Crippen LogP contribution is 2.17. The van der Waals surface area contributed by atoms with Crippen molar-refractivity contribution in [1.29, 1.82) is 0 Å². The lowest BCUT2D eigenvalue weighted by Crippen LogP contribution is -2.33. The van der Waals surface area contributed by atoms with Crippen molar-refractivity contribution in [2.45, 2.75) is 6.54 Å². The van der Waals surface area contributed by atoms with Crippen LogP contribution in [-0.4, -0.2) is 34.2 Å². The molecule has 98 valence electrons. The van der Waals surface area contributed by atoms with Crippen LogP contribution in [0, 0.1) is 0 Å². The Hall–Kier alpha value is -2.14. The Balaban J connectivity index is 2.18. The van der Waals surface area contributed by atoms with Crippen LogP contribution in [0.3, 0.4) is 0 Å². The maximum atomic E-state index is 11.9. The first-order valence-corrected chi connectivity index (χ1v) is 5.95. The largest absolute Gasteiger partial charge is 0.334 e. The number of amides is 4. The summed E-state index contributed by atoms with van der Waals surface area (Å²) in [6.45, 7) is 3.52. The van der Waals surface area contributed by atoms with Gasteiger partial charge >= 0.3 is 17.8 Å². The molecular formula is C13H11ClN2O3. The lowest BCUT2D eigenvalue weighted by molar-refractivity contribution is -0.143. The van der Waals surface area contributed by atoms with Crippen molar-refractivity contribution >= 4 is 29.4 Å². The van der Waals surface area contributed by atoms with Gasteiger partial charge in [0.1, 0.15) is 0 Å². The Morgan fingerprint density at radius 2 is 1.63 bits per heavy atom. The first-order valence-electron chi connectivity index (χ1n) is 5.57. The van der Waals surface area contributed by atoms with E-state index in [0.29, 0.717) is 5.02 Å². The molecule has 19 heavy (non-hydrogen) atoms. The topological polar surface area (TPSA) is 57.7 Å². The van der Waals surface area contributed by atoms with Crippen LogP contribution in [-0.2, 0) is 16.1 Å². The summed E-state index contributed by atoms with van der Waals surface area (Å²) in [6, 6.07) is 6.09. The van der Waals surface area contributed by atoms with Gasteiger partial charge in [0.05, 0.1) is 6.54 Å². The summed E-state index contributed by atoms with van der Waals surface area (Å²) in [5, 5.41) is 0.562. The molecule has 5 nitrogen and oxygen atoms in total. The monoisotopic (exact) mass is 278 g/mol. The maximum absolute atomic E-state index is 11.9. The highest BCUT2D eigenvalue weighted by atomic mass is 35.5. The van der Waals surface area contributed by atoms with Crippen LogP contribution in [0.2, 0.25) is 5.02 Å². The Kier molecular flexibility index (Phi) is 3.66. The van der Waals surface area contributed by atoms with Crippen molar-refractivity contribution in [1.82, 2.24) is 9.80 Å². The molecule has 0 bridgehead atoms. The zero-order chi connectivity index (χ0) is 14.0. The summed E-state index contributed by atoms with van der Waals surface area (Å²) < 4.78 is 0. The maximum Gasteiger partial charge on any atom is 0.334 e. The average molecular weight is 279 g/mol. The fourth-order valence-corrected chi connectivity index (χ4v) is 1.88. The van der Waals surface area contributed by atoms with Gasteiger partial charge in [0.15, 0.2) is 0 Å². The second-order valence-electron chi connectivity index (χ2n) is 4.00. The number of rotatable bonds is 4. The van der Waals surface area contributed by atoms with E-state index in [-0.39, 0.29) is 13.1 Å². The summed E-state index contributed by atoms with van der Waals surface area (Å²) in [7, 11) is 0. The molecule has 1 fully saturated rings. The van der Waals surface area contributed by atoms with Gasteiger partial charge in [0.25, 0.3) is 0 Å². The normalized spacial score (nSPS) is 15.3. The molecule has 1 saturated heterocycles. The molecule has 0 saturated carbocycles. The first-order chi connectivity index (χ1) is 9.04. The van der Waals surface area contributed by atoms with Gasteiger partial charge in [0, 0.05) is 11.6 Å². The molecule has 6 heteroatoms. The van der Waals surface area contributed by atoms with Gasteiger partial charge in [0.2, 0.25) is 0 Å². The highest BCUT2D eigenvalue weighted by Gasteiger charge is 2.43. The molecular weight excluding hydrogens is 268 g/mol. The zero-order valence-electron chi connectivity index (χ0n) is 10.0. The van der Waals surface area contributed by atoms with Gasteiger partial charge < -0.3 is 0 Å². The molecule has 1 aromatic carbocycles. The van der Waals surface area contributed by atoms with E-state index in [1.165, 1.54) is 6.08 Å². The third-order valence-electron chi connectivity index (χ3n) is 2.70. The Labute approximate surface area is 115 Å². The number of hydrogen-bond donors (Lipinski definition) is 0. The lowest BCUT2D eigenvalue weighted by atomic mass is 10.2. The van der Waals surface area contributed by atoms with Crippen molar-refractivity contribution in [2.24, 2.45) is 0 Å². The molecule has 0 radical (unpaired) electrons. The minimum Gasteiger partial charge on any atom is -0.263 e. The molecule has 0 spiro atoms. The number of halogens is 1. The molecule has 1 aromatic rings. The van der Waals surface area contributed by atoms with Gasteiger partial charge in [-0.05, 0) is 17.7 Å². The van der Waals surface area contributed by atoms with Crippen LogP contribution in [0.25, 0.3) is 0 Å². The minimum atomic E-state index is -0.820. The van der Waals surface area contributed by atoms with Gasteiger partial charge in [-0.3, -0.25) is 19.4 Å². The lowest BCUT2D eigenvalue weighted by Gasteiger charge is -2.14. The molecule has 0 aliphatic carbocycles. The van der Waals surface area contributed by atoms with Crippen molar-refractivity contribution in [3.8, 4) is 0 Å². The van der Waals surface area contributed by atoms with Gasteiger partial charge in [-0.25, -0.2) is 4.79 Å². The molecule has 1 heterocycles. The van der Waals surface area contributed by atoms with E-state index in [1.54, 1.807) is 24.3 Å². The summed E-state index contributed by atoms with van der Waals surface area (Å²) in [6.07, 6.45) is 1.40. The zero-order valence-corrected chi connectivity index (χ0v) is 10.8. The van der Waals surface area contributed by atoms with Gasteiger partial charge in [-0.15, -0.1) is 6.58 Å². The minimum absolute atomic E-state index is 0.0283. The molecule has 0 unspecified atom stereocenters. The second-order valence-corrected chi connectivity index (χ2v) is 4.44. The van der Waals surface area contributed by atoms with Crippen molar-refractivity contribution < 1.29 is 14.4 Å². The van der Waals surface area contributed by atoms with Crippen LogP contribution in [0.1, 0.15) is 5.56 Å². The average Bonchev–Trinajstić information content (AvgIpc) is 2.59. The number of hydrogen-bond acceptors (Lipinski definition) is 3. The van der Waals surface area contributed by atoms with Gasteiger partial charge in [-0.2, -0.15) is 0 Å². The fourth-order valence-electron chi connectivity index (χ4n) is 1.75. The molecule has 2 rings (SSSR count). The SMILES string of the molecule is C=CCN1C(=O)C(=O)N(Cc2ccc(Cl)cc2)C1=O. The van der Waals surface area contributed by atoms with Crippen LogP contribution in [0.15, 0.2) is 36.9 Å². The smallest absolute Gasteiger partial charge is 0.263 e. The molecule has 0 atom stereocenters. The second kappa shape index (κ2) is 5.24. The van der Waals surface area contributed by atoms with Crippen molar-refractivity contribution in [3.63, 3.8) is 0 Å². The predicted octanol–water partition coefficient (Wildman–Crippen LogP) is 1.82.